The van der Waals surface area contributed by atoms with Crippen molar-refractivity contribution < 1.29 is 19.1 Å². The van der Waals surface area contributed by atoms with E-state index in [2.05, 4.69) is 5.32 Å². The van der Waals surface area contributed by atoms with Gasteiger partial charge in [-0.1, -0.05) is 38.2 Å². The molecule has 1 aromatic rings. The zero-order chi connectivity index (χ0) is 19.8. The highest BCUT2D eigenvalue weighted by molar-refractivity contribution is 7.12. The molecule has 2 heterocycles. The van der Waals surface area contributed by atoms with Crippen molar-refractivity contribution in [2.45, 2.75) is 63.8 Å². The molecular formula is C21H30N2O4S. The molecule has 3 rings (SSSR count). The summed E-state index contributed by atoms with van der Waals surface area (Å²) in [4.78, 5) is 39.5. The van der Waals surface area contributed by atoms with Gasteiger partial charge in [-0.2, -0.15) is 0 Å². The second-order valence-electron chi connectivity index (χ2n) is 7.78. The van der Waals surface area contributed by atoms with E-state index >= 15 is 0 Å². The fourth-order valence-corrected chi connectivity index (χ4v) is 4.73. The molecule has 2 amide bonds. The van der Waals surface area contributed by atoms with Crippen LogP contribution in [0.3, 0.4) is 0 Å². The fraction of sp³-hybridized carbons (Fsp3) is 0.667. The molecule has 2 aliphatic rings. The van der Waals surface area contributed by atoms with Crippen molar-refractivity contribution >= 4 is 29.1 Å². The predicted octanol–water partition coefficient (Wildman–Crippen LogP) is 3.37. The molecule has 1 aliphatic heterocycles. The maximum absolute atomic E-state index is 12.5. The van der Waals surface area contributed by atoms with Gasteiger partial charge in [0.15, 0.2) is 6.61 Å². The third kappa shape index (κ3) is 6.06. The molecule has 1 N–H and O–H groups in total. The largest absolute Gasteiger partial charge is 0.455 e. The van der Waals surface area contributed by atoms with E-state index in [-0.39, 0.29) is 36.4 Å². The summed E-state index contributed by atoms with van der Waals surface area (Å²) in [6, 6.07) is 3.84. The Morgan fingerprint density at radius 2 is 1.82 bits per heavy atom. The van der Waals surface area contributed by atoms with Crippen LogP contribution in [0.4, 0.5) is 0 Å². The van der Waals surface area contributed by atoms with Gasteiger partial charge in [0, 0.05) is 19.1 Å². The van der Waals surface area contributed by atoms with Crippen molar-refractivity contribution in [1.29, 1.82) is 0 Å². The summed E-state index contributed by atoms with van der Waals surface area (Å²) < 4.78 is 5.27. The Labute approximate surface area is 170 Å². The number of rotatable bonds is 5. The lowest BCUT2D eigenvalue weighted by atomic mass is 9.97. The lowest BCUT2D eigenvalue weighted by Gasteiger charge is -2.31. The molecule has 1 saturated heterocycles. The highest BCUT2D eigenvalue weighted by atomic mass is 32.1. The lowest BCUT2D eigenvalue weighted by molar-refractivity contribution is -0.154. The van der Waals surface area contributed by atoms with Gasteiger partial charge in [-0.15, -0.1) is 11.3 Å². The van der Waals surface area contributed by atoms with Crippen LogP contribution in [0.5, 0.6) is 0 Å². The van der Waals surface area contributed by atoms with Gasteiger partial charge in [0.1, 0.15) is 0 Å². The highest BCUT2D eigenvalue weighted by Crippen LogP contribution is 2.21. The van der Waals surface area contributed by atoms with E-state index in [1.54, 1.807) is 11.0 Å². The zero-order valence-corrected chi connectivity index (χ0v) is 17.2. The molecule has 1 saturated carbocycles. The highest BCUT2D eigenvalue weighted by Gasteiger charge is 2.30. The molecule has 1 aliphatic carbocycles. The number of likely N-dealkylation sites (tertiary alicyclic amines) is 1. The second kappa shape index (κ2) is 10.6. The minimum absolute atomic E-state index is 0.0328. The van der Waals surface area contributed by atoms with Crippen LogP contribution < -0.4 is 5.32 Å². The van der Waals surface area contributed by atoms with Crippen LogP contribution in [-0.2, 0) is 14.3 Å². The first kappa shape index (κ1) is 20.8. The molecule has 0 bridgehead atoms. The molecule has 154 valence electrons. The predicted molar refractivity (Wildman–Crippen MR) is 108 cm³/mol. The van der Waals surface area contributed by atoms with Crippen molar-refractivity contribution in [2.75, 3.05) is 19.7 Å². The molecule has 6 nitrogen and oxygen atoms in total. The van der Waals surface area contributed by atoms with E-state index in [1.165, 1.54) is 30.6 Å². The minimum atomic E-state index is -0.378. The minimum Gasteiger partial charge on any atom is -0.455 e. The number of nitrogens with zero attached hydrogens (tertiary/aromatic N) is 1. The van der Waals surface area contributed by atoms with E-state index in [1.807, 2.05) is 11.4 Å². The van der Waals surface area contributed by atoms with E-state index < -0.39 is 0 Å². The van der Waals surface area contributed by atoms with Crippen LogP contribution in [0.25, 0.3) is 0 Å². The maximum Gasteiger partial charge on any atom is 0.311 e. The Balaban J connectivity index is 1.42. The molecular weight excluding hydrogens is 376 g/mol. The number of piperidine rings is 1. The number of amides is 2. The van der Waals surface area contributed by atoms with Gasteiger partial charge in [0.2, 0.25) is 0 Å². The number of hydrogen-bond donors (Lipinski definition) is 1. The molecule has 1 aromatic heterocycles. The van der Waals surface area contributed by atoms with Crippen LogP contribution in [0.1, 0.15) is 67.5 Å². The molecule has 0 aromatic carbocycles. The van der Waals surface area contributed by atoms with Gasteiger partial charge >= 0.3 is 5.97 Å². The summed E-state index contributed by atoms with van der Waals surface area (Å²) in [5.41, 5.74) is 0. The Morgan fingerprint density at radius 3 is 2.54 bits per heavy atom. The van der Waals surface area contributed by atoms with Crippen LogP contribution in [-0.4, -0.2) is 48.4 Å². The molecule has 0 radical (unpaired) electrons. The third-order valence-corrected chi connectivity index (χ3v) is 6.45. The van der Waals surface area contributed by atoms with Gasteiger partial charge < -0.3 is 15.0 Å². The first-order chi connectivity index (χ1) is 13.6. The van der Waals surface area contributed by atoms with E-state index in [4.69, 9.17) is 4.74 Å². The smallest absolute Gasteiger partial charge is 0.311 e. The quantitative estimate of drug-likeness (QED) is 0.761. The summed E-state index contributed by atoms with van der Waals surface area (Å²) in [5.74, 6) is -0.987. The second-order valence-corrected chi connectivity index (χ2v) is 8.73. The summed E-state index contributed by atoms with van der Waals surface area (Å²) in [5, 5.41) is 4.88. The van der Waals surface area contributed by atoms with Gasteiger partial charge in [-0.05, 0) is 37.1 Å². The molecule has 1 atom stereocenters. The summed E-state index contributed by atoms with van der Waals surface area (Å²) in [6.45, 7) is 0.785. The van der Waals surface area contributed by atoms with Crippen LogP contribution in [0, 0.1) is 5.92 Å². The monoisotopic (exact) mass is 406 g/mol. The SMILES string of the molecule is O=C(COC(=O)C1CCCN(C(=O)c2cccs2)C1)NC1CCCCCCC1. The zero-order valence-electron chi connectivity index (χ0n) is 16.4. The van der Waals surface area contributed by atoms with Crippen molar-refractivity contribution in [3.63, 3.8) is 0 Å². The van der Waals surface area contributed by atoms with Crippen molar-refractivity contribution in [1.82, 2.24) is 10.2 Å². The fourth-order valence-electron chi connectivity index (χ4n) is 4.03. The van der Waals surface area contributed by atoms with Crippen molar-refractivity contribution in [3.05, 3.63) is 22.4 Å². The summed E-state index contributed by atoms with van der Waals surface area (Å²) in [6.07, 6.45) is 9.48. The molecule has 7 heteroatoms. The number of esters is 1. The topological polar surface area (TPSA) is 75.7 Å². The van der Waals surface area contributed by atoms with Gasteiger partial charge in [-0.3, -0.25) is 14.4 Å². The number of thiophene rings is 1. The number of carbonyl (C=O) groups is 3. The third-order valence-electron chi connectivity index (χ3n) is 5.59. The summed E-state index contributed by atoms with van der Waals surface area (Å²) in [7, 11) is 0. The number of nitrogens with one attached hydrogen (secondary N) is 1. The van der Waals surface area contributed by atoms with E-state index in [9.17, 15) is 14.4 Å². The Hall–Kier alpha value is -1.89. The average Bonchev–Trinajstić information content (AvgIpc) is 3.22. The Kier molecular flexibility index (Phi) is 7.89. The first-order valence-electron chi connectivity index (χ1n) is 10.4. The summed E-state index contributed by atoms with van der Waals surface area (Å²) >= 11 is 1.41. The van der Waals surface area contributed by atoms with Crippen LogP contribution in [0.15, 0.2) is 17.5 Å². The van der Waals surface area contributed by atoms with Gasteiger partial charge in [-0.25, -0.2) is 0 Å². The normalized spacial score (nSPS) is 21.4. The van der Waals surface area contributed by atoms with E-state index in [0.29, 0.717) is 24.4 Å². The van der Waals surface area contributed by atoms with Gasteiger partial charge in [0.25, 0.3) is 11.8 Å². The average molecular weight is 407 g/mol. The Bertz CT molecular complexity index is 653. The standard InChI is InChI=1S/C21H30N2O4S/c24-19(22-17-9-4-2-1-3-5-10-17)15-27-21(26)16-8-6-12-23(14-16)20(25)18-11-7-13-28-18/h7,11,13,16-17H,1-6,8-10,12,14-15H2,(H,22,24). The number of ether oxygens (including phenoxy) is 1. The number of carbonyl (C=O) groups excluding carboxylic acids is 3. The number of hydrogen-bond acceptors (Lipinski definition) is 5. The van der Waals surface area contributed by atoms with Crippen molar-refractivity contribution in [2.24, 2.45) is 5.92 Å². The first-order valence-corrected chi connectivity index (χ1v) is 11.3. The van der Waals surface area contributed by atoms with Gasteiger partial charge in [0.05, 0.1) is 10.8 Å². The van der Waals surface area contributed by atoms with E-state index in [0.717, 1.165) is 32.1 Å². The molecule has 0 spiro atoms. The van der Waals surface area contributed by atoms with Crippen LogP contribution in [0.2, 0.25) is 0 Å². The maximum atomic E-state index is 12.5. The van der Waals surface area contributed by atoms with Crippen molar-refractivity contribution in [3.8, 4) is 0 Å². The molecule has 1 unspecified atom stereocenters. The lowest BCUT2D eigenvalue weighted by Crippen LogP contribution is -2.43. The van der Waals surface area contributed by atoms with Crippen LogP contribution >= 0.6 is 11.3 Å². The molecule has 2 fully saturated rings. The molecule has 28 heavy (non-hydrogen) atoms. The Morgan fingerprint density at radius 1 is 1.07 bits per heavy atom.